The van der Waals surface area contributed by atoms with Gasteiger partial charge in [-0.25, -0.2) is 0 Å². The molecule has 0 radical (unpaired) electrons. The second-order valence-electron chi connectivity index (χ2n) is 6.19. The third kappa shape index (κ3) is 4.13. The Morgan fingerprint density at radius 2 is 1.95 bits per heavy atom. The van der Waals surface area contributed by atoms with E-state index in [1.165, 1.54) is 47.9 Å². The summed E-state index contributed by atoms with van der Waals surface area (Å²) in [7, 11) is 0. The van der Waals surface area contributed by atoms with Crippen LogP contribution in [0.2, 0.25) is 0 Å². The first-order valence-corrected chi connectivity index (χ1v) is 8.71. The molecule has 0 saturated carbocycles. The predicted octanol–water partition coefficient (Wildman–Crippen LogP) is 5.45. The van der Waals surface area contributed by atoms with E-state index in [2.05, 4.69) is 39.0 Å². The number of hydrogen-bond acceptors (Lipinski definition) is 2. The summed E-state index contributed by atoms with van der Waals surface area (Å²) in [5, 5.41) is 0. The lowest BCUT2D eigenvalue weighted by Gasteiger charge is -2.24. The van der Waals surface area contributed by atoms with Crippen LogP contribution in [0.15, 0.2) is 18.2 Å². The van der Waals surface area contributed by atoms with Crippen molar-refractivity contribution in [1.82, 2.24) is 0 Å². The maximum absolute atomic E-state index is 6.06. The summed E-state index contributed by atoms with van der Waals surface area (Å²) in [5.74, 6) is 0.999. The maximum atomic E-state index is 6.06. The highest BCUT2D eigenvalue weighted by Gasteiger charge is 2.18. The van der Waals surface area contributed by atoms with Gasteiger partial charge in [0.05, 0.1) is 19.3 Å². The summed E-state index contributed by atoms with van der Waals surface area (Å²) in [6, 6.07) is 4.27. The second-order valence-corrected chi connectivity index (χ2v) is 6.19. The van der Waals surface area contributed by atoms with Gasteiger partial charge in [0, 0.05) is 0 Å². The molecular formula is C20H30O2. The van der Waals surface area contributed by atoms with Crippen molar-refractivity contribution in [2.24, 2.45) is 0 Å². The summed E-state index contributed by atoms with van der Waals surface area (Å²) in [6.45, 7) is 10.1. The van der Waals surface area contributed by atoms with Crippen LogP contribution in [0.25, 0.3) is 5.57 Å². The quantitative estimate of drug-likeness (QED) is 0.623. The van der Waals surface area contributed by atoms with Gasteiger partial charge < -0.3 is 9.47 Å². The Balaban J connectivity index is 2.05. The fourth-order valence-corrected chi connectivity index (χ4v) is 3.07. The average Bonchev–Trinajstić information content (AvgIpc) is 2.53. The van der Waals surface area contributed by atoms with E-state index in [0.29, 0.717) is 12.7 Å². The lowest BCUT2D eigenvalue weighted by molar-refractivity contribution is 0.0646. The van der Waals surface area contributed by atoms with Crippen molar-refractivity contribution in [3.05, 3.63) is 34.9 Å². The number of unbranched alkanes of at least 4 members (excludes halogenated alkanes) is 2. The SMILES string of the molecule is CCCCCC1CC=C(c2ccc(OCC)c(C)c2C)CO1. The molecule has 2 heteroatoms. The minimum atomic E-state index is 0.416. The molecule has 1 aliphatic heterocycles. The minimum absolute atomic E-state index is 0.416. The molecule has 0 N–H and O–H groups in total. The monoisotopic (exact) mass is 302 g/mol. The van der Waals surface area contributed by atoms with Crippen LogP contribution in [-0.4, -0.2) is 19.3 Å². The van der Waals surface area contributed by atoms with E-state index in [1.807, 2.05) is 6.92 Å². The number of hydrogen-bond donors (Lipinski definition) is 0. The number of rotatable bonds is 7. The molecule has 122 valence electrons. The molecule has 2 rings (SSSR count). The smallest absolute Gasteiger partial charge is 0.122 e. The van der Waals surface area contributed by atoms with Gasteiger partial charge in [-0.1, -0.05) is 38.3 Å². The molecule has 1 aromatic carbocycles. The largest absolute Gasteiger partial charge is 0.494 e. The highest BCUT2D eigenvalue weighted by atomic mass is 16.5. The van der Waals surface area contributed by atoms with E-state index in [9.17, 15) is 0 Å². The van der Waals surface area contributed by atoms with E-state index in [1.54, 1.807) is 0 Å². The second kappa shape index (κ2) is 8.38. The Bertz CT molecular complexity index is 517. The number of ether oxygens (including phenoxy) is 2. The van der Waals surface area contributed by atoms with Gasteiger partial charge in [0.15, 0.2) is 0 Å². The van der Waals surface area contributed by atoms with Crippen molar-refractivity contribution < 1.29 is 9.47 Å². The molecule has 0 fully saturated rings. The Labute approximate surface area is 135 Å². The molecule has 0 aliphatic carbocycles. The van der Waals surface area contributed by atoms with Crippen molar-refractivity contribution >= 4 is 5.57 Å². The summed E-state index contributed by atoms with van der Waals surface area (Å²) in [6.07, 6.45) is 8.91. The molecule has 1 heterocycles. The van der Waals surface area contributed by atoms with Gasteiger partial charge in [0.2, 0.25) is 0 Å². The average molecular weight is 302 g/mol. The molecule has 1 atom stereocenters. The highest BCUT2D eigenvalue weighted by molar-refractivity contribution is 5.71. The topological polar surface area (TPSA) is 18.5 Å². The zero-order valence-electron chi connectivity index (χ0n) is 14.6. The molecule has 0 aromatic heterocycles. The van der Waals surface area contributed by atoms with Crippen LogP contribution in [0.5, 0.6) is 5.75 Å². The molecule has 2 nitrogen and oxygen atoms in total. The Morgan fingerprint density at radius 3 is 2.59 bits per heavy atom. The molecule has 1 unspecified atom stereocenters. The molecule has 0 amide bonds. The van der Waals surface area contributed by atoms with Crippen molar-refractivity contribution in [2.45, 2.75) is 65.9 Å². The summed E-state index contributed by atoms with van der Waals surface area (Å²) in [5.41, 5.74) is 5.19. The van der Waals surface area contributed by atoms with Gasteiger partial charge in [0.1, 0.15) is 5.75 Å². The molecule has 0 spiro atoms. The van der Waals surface area contributed by atoms with Gasteiger partial charge in [-0.2, -0.15) is 0 Å². The third-order valence-corrected chi connectivity index (χ3v) is 4.61. The Kier molecular flexibility index (Phi) is 6.50. The van der Waals surface area contributed by atoms with Crippen LogP contribution in [0.4, 0.5) is 0 Å². The van der Waals surface area contributed by atoms with Crippen molar-refractivity contribution in [2.75, 3.05) is 13.2 Å². The first-order chi connectivity index (χ1) is 10.7. The summed E-state index contributed by atoms with van der Waals surface area (Å²) >= 11 is 0. The fourth-order valence-electron chi connectivity index (χ4n) is 3.07. The van der Waals surface area contributed by atoms with Gasteiger partial charge >= 0.3 is 0 Å². The van der Waals surface area contributed by atoms with Crippen molar-refractivity contribution in [3.63, 3.8) is 0 Å². The van der Waals surface area contributed by atoms with Gasteiger partial charge in [-0.15, -0.1) is 0 Å². The zero-order valence-corrected chi connectivity index (χ0v) is 14.6. The van der Waals surface area contributed by atoms with E-state index >= 15 is 0 Å². The van der Waals surface area contributed by atoms with Crippen LogP contribution in [0, 0.1) is 13.8 Å². The Morgan fingerprint density at radius 1 is 1.14 bits per heavy atom. The predicted molar refractivity (Wildman–Crippen MR) is 93.6 cm³/mol. The fraction of sp³-hybridized carbons (Fsp3) is 0.600. The normalized spacial score (nSPS) is 18.2. The number of benzene rings is 1. The molecule has 0 saturated heterocycles. The van der Waals surface area contributed by atoms with E-state index in [4.69, 9.17) is 9.47 Å². The van der Waals surface area contributed by atoms with E-state index in [-0.39, 0.29) is 0 Å². The lowest BCUT2D eigenvalue weighted by Crippen LogP contribution is -2.18. The molecule has 22 heavy (non-hydrogen) atoms. The first kappa shape index (κ1) is 17.1. The third-order valence-electron chi connectivity index (χ3n) is 4.61. The molecule has 1 aliphatic rings. The van der Waals surface area contributed by atoms with Crippen LogP contribution in [-0.2, 0) is 4.74 Å². The van der Waals surface area contributed by atoms with Gasteiger partial charge in [-0.3, -0.25) is 0 Å². The lowest BCUT2D eigenvalue weighted by atomic mass is 9.93. The highest BCUT2D eigenvalue weighted by Crippen LogP contribution is 2.31. The first-order valence-electron chi connectivity index (χ1n) is 8.71. The summed E-state index contributed by atoms with van der Waals surface area (Å²) < 4.78 is 11.7. The molecule has 1 aromatic rings. The van der Waals surface area contributed by atoms with Gasteiger partial charge in [0.25, 0.3) is 0 Å². The molecular weight excluding hydrogens is 272 g/mol. The molecule has 0 bridgehead atoms. The van der Waals surface area contributed by atoms with Crippen molar-refractivity contribution in [1.29, 1.82) is 0 Å². The van der Waals surface area contributed by atoms with Crippen molar-refractivity contribution in [3.8, 4) is 5.75 Å². The van der Waals surface area contributed by atoms with E-state index in [0.717, 1.165) is 18.8 Å². The minimum Gasteiger partial charge on any atom is -0.494 e. The maximum Gasteiger partial charge on any atom is 0.122 e. The standard InChI is InChI=1S/C20H30O2/c1-5-7-8-9-18-11-10-17(14-22-18)19-12-13-20(21-6-2)16(4)15(19)3/h10,12-13,18H,5-9,11,14H2,1-4H3. The van der Waals surface area contributed by atoms with E-state index < -0.39 is 0 Å². The Hall–Kier alpha value is -1.28. The van der Waals surface area contributed by atoms with Crippen LogP contribution in [0.1, 0.15) is 62.6 Å². The zero-order chi connectivity index (χ0) is 15.9. The van der Waals surface area contributed by atoms with Gasteiger partial charge in [-0.05, 0) is 61.9 Å². The summed E-state index contributed by atoms with van der Waals surface area (Å²) in [4.78, 5) is 0. The van der Waals surface area contributed by atoms with Crippen LogP contribution in [0.3, 0.4) is 0 Å². The van der Waals surface area contributed by atoms with Crippen LogP contribution >= 0.6 is 0 Å². The van der Waals surface area contributed by atoms with Crippen LogP contribution < -0.4 is 4.74 Å².